The fourth-order valence-corrected chi connectivity index (χ4v) is 0. The highest BCUT2D eigenvalue weighted by atomic mass is 35.5. The van der Waals surface area contributed by atoms with E-state index in [9.17, 15) is 0 Å². The topological polar surface area (TPSA) is 0 Å². The molecule has 0 aromatic rings. The highest BCUT2D eigenvalue weighted by molar-refractivity contribution is 6.30. The third-order valence-electron chi connectivity index (χ3n) is 0.318. The number of hydrogen-bond acceptors (Lipinski definition) is 0. The zero-order valence-electron chi connectivity index (χ0n) is 4.37. The van der Waals surface area contributed by atoms with Crippen molar-refractivity contribution >= 4 is 35.6 Å². The molecule has 0 aromatic carbocycles. The summed E-state index contributed by atoms with van der Waals surface area (Å²) in [6.45, 7) is 3.75. The van der Waals surface area contributed by atoms with E-state index in [1.165, 1.54) is 0 Å². The van der Waals surface area contributed by atoms with Crippen molar-refractivity contribution < 1.29 is 0 Å². The van der Waals surface area contributed by atoms with E-state index in [1.54, 1.807) is 0 Å². The molecule has 46 valence electrons. The number of halogens is 3. The van der Waals surface area contributed by atoms with E-state index in [2.05, 4.69) is 0 Å². The smallest absolute Gasteiger partial charge is 0.0525 e. The molecule has 0 aliphatic rings. The van der Waals surface area contributed by atoms with Gasteiger partial charge in [-0.25, -0.2) is 0 Å². The summed E-state index contributed by atoms with van der Waals surface area (Å²) < 4.78 is 0. The molecule has 0 radical (unpaired) electrons. The predicted molar refractivity (Wildman–Crippen MR) is 37.9 cm³/mol. The fourth-order valence-electron chi connectivity index (χ4n) is 0. The lowest BCUT2D eigenvalue weighted by molar-refractivity contribution is 0.796. The number of rotatable bonds is 1. The molecule has 0 heterocycles. The van der Waals surface area contributed by atoms with Gasteiger partial charge in [0.2, 0.25) is 0 Å². The molecule has 3 heteroatoms. The first-order valence-electron chi connectivity index (χ1n) is 1.81. The molecule has 0 rings (SSSR count). The van der Waals surface area contributed by atoms with Crippen molar-refractivity contribution in [3.05, 3.63) is 0 Å². The van der Waals surface area contributed by atoms with Crippen molar-refractivity contribution in [3.8, 4) is 0 Å². The molecule has 0 N–H and O–H groups in total. The van der Waals surface area contributed by atoms with Crippen LogP contribution in [0, 0.1) is 0 Å². The fraction of sp³-hybridized carbons (Fsp3) is 1.00. The Kier molecular flexibility index (Phi) is 5.89. The van der Waals surface area contributed by atoms with Gasteiger partial charge in [0.1, 0.15) is 0 Å². The molecule has 0 aliphatic heterocycles. The first-order chi connectivity index (χ1) is 2.56. The van der Waals surface area contributed by atoms with Gasteiger partial charge in [0.05, 0.1) is 4.87 Å². The van der Waals surface area contributed by atoms with E-state index < -0.39 is 0 Å². The Hall–Kier alpha value is 0.870. The Morgan fingerprint density at radius 1 is 1.43 bits per heavy atom. The third-order valence-corrected chi connectivity index (χ3v) is 1.26. The van der Waals surface area contributed by atoms with Gasteiger partial charge in [-0.3, -0.25) is 0 Å². The summed E-state index contributed by atoms with van der Waals surface area (Å²) in [7, 11) is 0. The first kappa shape index (κ1) is 10.8. The predicted octanol–water partition coefficient (Wildman–Crippen LogP) is 2.66. The molecule has 0 saturated carbocycles. The van der Waals surface area contributed by atoms with Crippen LogP contribution in [0.15, 0.2) is 0 Å². The minimum Gasteiger partial charge on any atom is -0.147 e. The summed E-state index contributed by atoms with van der Waals surface area (Å²) in [5.41, 5.74) is 0. The molecule has 0 spiro atoms. The van der Waals surface area contributed by atoms with Crippen molar-refractivity contribution in [1.29, 1.82) is 0 Å². The van der Waals surface area contributed by atoms with Gasteiger partial charge in [0.15, 0.2) is 0 Å². The average molecular weight is 163 g/mol. The van der Waals surface area contributed by atoms with Gasteiger partial charge in [0.25, 0.3) is 0 Å². The second kappa shape index (κ2) is 3.82. The lowest BCUT2D eigenvalue weighted by Crippen LogP contribution is -2.10. The first-order valence-corrected chi connectivity index (χ1v) is 2.72. The molecule has 0 unspecified atom stereocenters. The van der Waals surface area contributed by atoms with E-state index >= 15 is 0 Å². The van der Waals surface area contributed by atoms with Crippen LogP contribution in [0.1, 0.15) is 13.8 Å². The highest BCUT2D eigenvalue weighted by Gasteiger charge is 2.08. The Balaban J connectivity index is 0. The van der Waals surface area contributed by atoms with E-state index in [0.29, 0.717) is 5.88 Å². The monoisotopic (exact) mass is 162 g/mol. The zero-order chi connectivity index (χ0) is 5.21. The minimum atomic E-state index is -0.221. The number of hydrogen-bond donors (Lipinski definition) is 0. The summed E-state index contributed by atoms with van der Waals surface area (Å²) in [5.74, 6) is 0.508. The second-order valence-electron chi connectivity index (χ2n) is 1.85. The van der Waals surface area contributed by atoms with Crippen molar-refractivity contribution in [2.24, 2.45) is 0 Å². The Morgan fingerprint density at radius 2 is 1.57 bits per heavy atom. The lowest BCUT2D eigenvalue weighted by Gasteiger charge is -2.07. The lowest BCUT2D eigenvalue weighted by atomic mass is 10.3. The number of alkyl halides is 2. The van der Waals surface area contributed by atoms with Crippen LogP contribution in [-0.4, -0.2) is 10.8 Å². The Morgan fingerprint density at radius 3 is 1.57 bits per heavy atom. The maximum Gasteiger partial charge on any atom is 0.0525 e. The summed E-state index contributed by atoms with van der Waals surface area (Å²) >= 11 is 10.9. The van der Waals surface area contributed by atoms with Gasteiger partial charge < -0.3 is 0 Å². The zero-order valence-corrected chi connectivity index (χ0v) is 6.70. The third kappa shape index (κ3) is 10.9. The van der Waals surface area contributed by atoms with Crippen molar-refractivity contribution in [1.82, 2.24) is 0 Å². The van der Waals surface area contributed by atoms with E-state index in [1.807, 2.05) is 13.8 Å². The van der Waals surface area contributed by atoms with E-state index in [4.69, 9.17) is 23.2 Å². The molecule has 0 atom stereocenters. The molecule has 0 aromatic heterocycles. The van der Waals surface area contributed by atoms with Crippen molar-refractivity contribution in [2.75, 3.05) is 5.88 Å². The van der Waals surface area contributed by atoms with E-state index in [-0.39, 0.29) is 17.3 Å². The van der Waals surface area contributed by atoms with Crippen LogP contribution in [0.4, 0.5) is 0 Å². The van der Waals surface area contributed by atoms with Crippen LogP contribution in [-0.2, 0) is 0 Å². The van der Waals surface area contributed by atoms with Gasteiger partial charge in [-0.1, -0.05) is 0 Å². The SMILES string of the molecule is CC(C)(Cl)CCl.Cl. The standard InChI is InChI=1S/C4H8Cl2.ClH/c1-4(2,6)3-5;/h3H2,1-2H3;1H. The van der Waals surface area contributed by atoms with Crippen LogP contribution < -0.4 is 0 Å². The summed E-state index contributed by atoms with van der Waals surface area (Å²) in [6.07, 6.45) is 0. The van der Waals surface area contributed by atoms with Crippen molar-refractivity contribution in [3.63, 3.8) is 0 Å². The average Bonchev–Trinajstić information content (AvgIpc) is 1.35. The molecule has 7 heavy (non-hydrogen) atoms. The van der Waals surface area contributed by atoms with Gasteiger partial charge in [-0.05, 0) is 13.8 Å². The van der Waals surface area contributed by atoms with Crippen LogP contribution in [0.3, 0.4) is 0 Å². The van der Waals surface area contributed by atoms with Gasteiger partial charge in [-0.15, -0.1) is 35.6 Å². The highest BCUT2D eigenvalue weighted by Crippen LogP contribution is 2.12. The molecule has 0 nitrogen and oxygen atoms in total. The Bertz CT molecular complexity index is 36.7. The van der Waals surface area contributed by atoms with Crippen LogP contribution in [0.5, 0.6) is 0 Å². The van der Waals surface area contributed by atoms with Crippen molar-refractivity contribution in [2.45, 2.75) is 18.7 Å². The Labute approximate surface area is 60.6 Å². The molecule has 0 saturated heterocycles. The minimum absolute atomic E-state index is 0. The van der Waals surface area contributed by atoms with Crippen LogP contribution >= 0.6 is 35.6 Å². The van der Waals surface area contributed by atoms with Crippen LogP contribution in [0.2, 0.25) is 0 Å². The largest absolute Gasteiger partial charge is 0.147 e. The summed E-state index contributed by atoms with van der Waals surface area (Å²) in [6, 6.07) is 0. The molecular weight excluding hydrogens is 154 g/mol. The normalized spacial score (nSPS) is 10.3. The van der Waals surface area contributed by atoms with E-state index in [0.717, 1.165) is 0 Å². The quantitative estimate of drug-likeness (QED) is 0.522. The maximum absolute atomic E-state index is 5.59. The van der Waals surface area contributed by atoms with Gasteiger partial charge in [-0.2, -0.15) is 0 Å². The molecule has 0 fully saturated rings. The molecule has 0 bridgehead atoms. The molecule has 0 amide bonds. The summed E-state index contributed by atoms with van der Waals surface area (Å²) in [4.78, 5) is -0.221. The molecule has 0 aliphatic carbocycles. The molecular formula is C4H9Cl3. The van der Waals surface area contributed by atoms with Gasteiger partial charge in [0, 0.05) is 5.88 Å². The van der Waals surface area contributed by atoms with Crippen LogP contribution in [0.25, 0.3) is 0 Å². The van der Waals surface area contributed by atoms with Gasteiger partial charge >= 0.3 is 0 Å². The summed E-state index contributed by atoms with van der Waals surface area (Å²) in [5, 5.41) is 0. The maximum atomic E-state index is 5.59. The second-order valence-corrected chi connectivity index (χ2v) is 3.14.